The lowest BCUT2D eigenvalue weighted by Gasteiger charge is -2.16. The fourth-order valence-electron chi connectivity index (χ4n) is 4.59. The van der Waals surface area contributed by atoms with Crippen molar-refractivity contribution in [3.8, 4) is 0 Å². The van der Waals surface area contributed by atoms with Gasteiger partial charge < -0.3 is 16.0 Å². The molecule has 1 aliphatic rings. The number of carbonyl (C=O) groups is 1. The fourth-order valence-corrected chi connectivity index (χ4v) is 4.59. The number of fused-ring (bicyclic) bond motifs is 2. The molecule has 0 spiro atoms. The monoisotopic (exact) mass is 439 g/mol. The van der Waals surface area contributed by atoms with Gasteiger partial charge in [-0.15, -0.1) is 0 Å². The Morgan fingerprint density at radius 1 is 0.848 bits per heavy atom. The molecule has 3 aromatic carbocycles. The number of anilines is 2. The number of hydrogen-bond donors (Lipinski definition) is 3. The molecule has 6 nitrogen and oxygen atoms in total. The number of aromatic nitrogens is 2. The minimum atomic E-state index is 0.0103. The van der Waals surface area contributed by atoms with E-state index in [9.17, 15) is 4.79 Å². The highest BCUT2D eigenvalue weighted by Gasteiger charge is 2.17. The highest BCUT2D eigenvalue weighted by atomic mass is 16.1. The number of para-hydroxylation sites is 1. The Bertz CT molecular complexity index is 1260. The van der Waals surface area contributed by atoms with Crippen LogP contribution in [-0.4, -0.2) is 35.0 Å². The first-order valence-electron chi connectivity index (χ1n) is 11.8. The van der Waals surface area contributed by atoms with Crippen LogP contribution >= 0.6 is 0 Å². The molecule has 0 unspecified atom stereocenters. The summed E-state index contributed by atoms with van der Waals surface area (Å²) in [6.07, 6.45) is 5.27. The van der Waals surface area contributed by atoms with Crippen molar-refractivity contribution in [2.45, 2.75) is 38.1 Å². The van der Waals surface area contributed by atoms with E-state index in [2.05, 4.69) is 45.2 Å². The topological polar surface area (TPSA) is 78.9 Å². The van der Waals surface area contributed by atoms with Crippen molar-refractivity contribution >= 4 is 39.3 Å². The van der Waals surface area contributed by atoms with E-state index in [0.29, 0.717) is 31.5 Å². The summed E-state index contributed by atoms with van der Waals surface area (Å²) in [6.45, 7) is 1.06. The molecule has 0 atom stereocenters. The van der Waals surface area contributed by atoms with Gasteiger partial charge in [-0.05, 0) is 41.3 Å². The Morgan fingerprint density at radius 3 is 2.48 bits per heavy atom. The lowest BCUT2D eigenvalue weighted by atomic mass is 10.0. The van der Waals surface area contributed by atoms with Gasteiger partial charge in [0.25, 0.3) is 0 Å². The van der Waals surface area contributed by atoms with E-state index in [1.807, 2.05) is 42.5 Å². The number of nitrogens with zero attached hydrogens (tertiary/aromatic N) is 2. The first-order chi connectivity index (χ1) is 16.3. The number of nitrogens with one attached hydrogen (secondary N) is 3. The summed E-state index contributed by atoms with van der Waals surface area (Å²) >= 11 is 0. The minimum Gasteiger partial charge on any atom is -0.367 e. The maximum absolute atomic E-state index is 12.5. The fraction of sp³-hybridized carbons (Fsp3) is 0.296. The second kappa shape index (κ2) is 9.86. The number of hydrogen-bond acceptors (Lipinski definition) is 5. The molecular weight excluding hydrogens is 410 g/mol. The Labute approximate surface area is 193 Å². The molecule has 5 rings (SSSR count). The van der Waals surface area contributed by atoms with Gasteiger partial charge in [0.2, 0.25) is 11.9 Å². The number of benzene rings is 3. The molecule has 0 radical (unpaired) electrons. The average molecular weight is 440 g/mol. The van der Waals surface area contributed by atoms with Gasteiger partial charge in [-0.1, -0.05) is 67.4 Å². The lowest BCUT2D eigenvalue weighted by molar-refractivity contribution is -0.120. The van der Waals surface area contributed by atoms with Crippen LogP contribution in [-0.2, 0) is 11.2 Å². The van der Waals surface area contributed by atoms with Crippen LogP contribution in [0.1, 0.15) is 31.2 Å². The largest absolute Gasteiger partial charge is 0.367 e. The van der Waals surface area contributed by atoms with Gasteiger partial charge in [-0.3, -0.25) is 4.79 Å². The van der Waals surface area contributed by atoms with E-state index in [1.165, 1.54) is 25.7 Å². The smallest absolute Gasteiger partial charge is 0.225 e. The standard InChI is InChI=1S/C27H29N5O/c33-25(18-20-10-7-9-19-8-1-4-13-22(19)20)28-16-17-29-27-31-24-15-6-5-14-23(24)26(32-27)30-21-11-2-3-12-21/h1,4-10,13-15,21H,2-3,11-12,16-18H2,(H,28,33)(H2,29,30,31,32). The summed E-state index contributed by atoms with van der Waals surface area (Å²) in [5.74, 6) is 1.48. The Balaban J connectivity index is 1.19. The molecule has 4 aromatic rings. The molecule has 3 N–H and O–H groups in total. The Hall–Kier alpha value is -3.67. The molecular formula is C27H29N5O. The van der Waals surface area contributed by atoms with Crippen molar-refractivity contribution in [2.24, 2.45) is 0 Å². The van der Waals surface area contributed by atoms with Crippen LogP contribution < -0.4 is 16.0 Å². The summed E-state index contributed by atoms with van der Waals surface area (Å²) in [5.41, 5.74) is 1.95. The van der Waals surface area contributed by atoms with Crippen LogP contribution in [0.5, 0.6) is 0 Å². The second-order valence-electron chi connectivity index (χ2n) is 8.63. The van der Waals surface area contributed by atoms with E-state index in [0.717, 1.165) is 33.1 Å². The van der Waals surface area contributed by atoms with Crippen LogP contribution in [0.25, 0.3) is 21.7 Å². The van der Waals surface area contributed by atoms with E-state index in [4.69, 9.17) is 4.98 Å². The summed E-state index contributed by atoms with van der Waals surface area (Å²) in [5, 5.41) is 13.2. The Morgan fingerprint density at radius 2 is 1.61 bits per heavy atom. The predicted molar refractivity (Wildman–Crippen MR) is 135 cm³/mol. The van der Waals surface area contributed by atoms with Gasteiger partial charge in [0.1, 0.15) is 5.82 Å². The molecule has 168 valence electrons. The maximum Gasteiger partial charge on any atom is 0.225 e. The Kier molecular flexibility index (Phi) is 6.33. The van der Waals surface area contributed by atoms with Crippen molar-refractivity contribution < 1.29 is 4.79 Å². The van der Waals surface area contributed by atoms with Crippen LogP contribution in [0, 0.1) is 0 Å². The highest BCUT2D eigenvalue weighted by Crippen LogP contribution is 2.27. The third-order valence-electron chi connectivity index (χ3n) is 6.26. The van der Waals surface area contributed by atoms with E-state index >= 15 is 0 Å². The molecule has 0 bridgehead atoms. The molecule has 1 aliphatic carbocycles. The molecule has 0 saturated heterocycles. The molecule has 1 aromatic heterocycles. The third kappa shape index (κ3) is 5.06. The molecule has 0 aliphatic heterocycles. The first-order valence-corrected chi connectivity index (χ1v) is 11.8. The molecule has 6 heteroatoms. The SMILES string of the molecule is O=C(Cc1cccc2ccccc12)NCCNc1nc(NC2CCCC2)c2ccccc2n1. The summed E-state index contributed by atoms with van der Waals surface area (Å²) in [6, 6.07) is 22.8. The van der Waals surface area contributed by atoms with Crippen molar-refractivity contribution in [2.75, 3.05) is 23.7 Å². The van der Waals surface area contributed by atoms with Gasteiger partial charge in [0, 0.05) is 24.5 Å². The summed E-state index contributed by atoms with van der Waals surface area (Å²) < 4.78 is 0. The highest BCUT2D eigenvalue weighted by molar-refractivity contribution is 5.91. The molecule has 1 heterocycles. The van der Waals surface area contributed by atoms with Gasteiger partial charge >= 0.3 is 0 Å². The zero-order valence-corrected chi connectivity index (χ0v) is 18.7. The number of carbonyl (C=O) groups excluding carboxylic acids is 1. The lowest BCUT2D eigenvalue weighted by Crippen LogP contribution is -2.30. The molecule has 1 amide bonds. The molecule has 1 fully saturated rings. The van der Waals surface area contributed by atoms with Gasteiger partial charge in [-0.2, -0.15) is 4.98 Å². The first kappa shape index (κ1) is 21.2. The summed E-state index contributed by atoms with van der Waals surface area (Å²) in [4.78, 5) is 21.9. The van der Waals surface area contributed by atoms with Crippen molar-refractivity contribution in [1.82, 2.24) is 15.3 Å². The van der Waals surface area contributed by atoms with Crippen molar-refractivity contribution in [1.29, 1.82) is 0 Å². The van der Waals surface area contributed by atoms with Crippen LogP contribution in [0.3, 0.4) is 0 Å². The predicted octanol–water partition coefficient (Wildman–Crippen LogP) is 4.91. The number of rotatable bonds is 8. The van der Waals surface area contributed by atoms with Crippen molar-refractivity contribution in [3.63, 3.8) is 0 Å². The molecule has 1 saturated carbocycles. The van der Waals surface area contributed by atoms with Gasteiger partial charge in [0.05, 0.1) is 11.9 Å². The normalized spacial score (nSPS) is 13.9. The van der Waals surface area contributed by atoms with E-state index in [-0.39, 0.29) is 5.91 Å². The third-order valence-corrected chi connectivity index (χ3v) is 6.26. The quantitative estimate of drug-likeness (QED) is 0.340. The minimum absolute atomic E-state index is 0.0103. The summed E-state index contributed by atoms with van der Waals surface area (Å²) in [7, 11) is 0. The zero-order chi connectivity index (χ0) is 22.5. The van der Waals surface area contributed by atoms with Crippen LogP contribution in [0.15, 0.2) is 66.7 Å². The maximum atomic E-state index is 12.5. The van der Waals surface area contributed by atoms with Gasteiger partial charge in [0.15, 0.2) is 0 Å². The second-order valence-corrected chi connectivity index (χ2v) is 8.63. The zero-order valence-electron chi connectivity index (χ0n) is 18.7. The van der Waals surface area contributed by atoms with E-state index in [1.54, 1.807) is 0 Å². The molecule has 33 heavy (non-hydrogen) atoms. The van der Waals surface area contributed by atoms with Crippen molar-refractivity contribution in [3.05, 3.63) is 72.3 Å². The number of amides is 1. The van der Waals surface area contributed by atoms with E-state index < -0.39 is 0 Å². The van der Waals surface area contributed by atoms with Gasteiger partial charge in [-0.25, -0.2) is 4.98 Å². The van der Waals surface area contributed by atoms with Crippen LogP contribution in [0.2, 0.25) is 0 Å². The average Bonchev–Trinajstić information content (AvgIpc) is 3.35. The van der Waals surface area contributed by atoms with Crippen LogP contribution in [0.4, 0.5) is 11.8 Å².